The SMILES string of the molecule is O=CCC1CCCCC12CCCNC2=O. The molecule has 15 heavy (non-hydrogen) atoms. The normalized spacial score (nSPS) is 36.3. The van der Waals surface area contributed by atoms with E-state index in [-0.39, 0.29) is 11.3 Å². The molecule has 84 valence electrons. The minimum atomic E-state index is -0.197. The average Bonchev–Trinajstić information content (AvgIpc) is 2.26. The summed E-state index contributed by atoms with van der Waals surface area (Å²) >= 11 is 0. The van der Waals surface area contributed by atoms with Gasteiger partial charge in [0, 0.05) is 13.0 Å². The Morgan fingerprint density at radius 2 is 2.13 bits per heavy atom. The predicted octanol–water partition coefficient (Wildman–Crippen LogP) is 1.66. The molecule has 1 saturated heterocycles. The van der Waals surface area contributed by atoms with E-state index in [9.17, 15) is 9.59 Å². The van der Waals surface area contributed by atoms with Crippen LogP contribution in [-0.4, -0.2) is 18.7 Å². The van der Waals surface area contributed by atoms with E-state index < -0.39 is 0 Å². The van der Waals surface area contributed by atoms with Crippen molar-refractivity contribution in [1.29, 1.82) is 0 Å². The number of rotatable bonds is 2. The molecule has 2 aliphatic rings. The van der Waals surface area contributed by atoms with E-state index in [2.05, 4.69) is 5.32 Å². The van der Waals surface area contributed by atoms with Gasteiger partial charge in [-0.05, 0) is 31.6 Å². The molecular weight excluding hydrogens is 190 g/mol. The zero-order valence-electron chi connectivity index (χ0n) is 9.13. The minimum absolute atomic E-state index is 0.197. The first-order valence-corrected chi connectivity index (χ1v) is 6.01. The van der Waals surface area contributed by atoms with Crippen molar-refractivity contribution >= 4 is 12.2 Å². The van der Waals surface area contributed by atoms with E-state index in [0.29, 0.717) is 12.3 Å². The molecular formula is C12H19NO2. The molecule has 0 aromatic carbocycles. The Morgan fingerprint density at radius 3 is 2.87 bits per heavy atom. The third kappa shape index (κ3) is 1.80. The second-order valence-corrected chi connectivity index (χ2v) is 4.86. The maximum absolute atomic E-state index is 12.0. The van der Waals surface area contributed by atoms with Gasteiger partial charge in [0.25, 0.3) is 0 Å². The van der Waals surface area contributed by atoms with Crippen molar-refractivity contribution in [3.05, 3.63) is 0 Å². The highest BCUT2D eigenvalue weighted by molar-refractivity contribution is 5.84. The van der Waals surface area contributed by atoms with Crippen LogP contribution in [0.1, 0.15) is 44.9 Å². The smallest absolute Gasteiger partial charge is 0.226 e. The molecule has 1 heterocycles. The van der Waals surface area contributed by atoms with Gasteiger partial charge in [-0.2, -0.15) is 0 Å². The Labute approximate surface area is 90.6 Å². The Hall–Kier alpha value is -0.860. The number of nitrogens with one attached hydrogen (secondary N) is 1. The fourth-order valence-electron chi connectivity index (χ4n) is 3.29. The molecule has 2 unspecified atom stereocenters. The topological polar surface area (TPSA) is 46.2 Å². The van der Waals surface area contributed by atoms with E-state index >= 15 is 0 Å². The summed E-state index contributed by atoms with van der Waals surface area (Å²) in [4.78, 5) is 22.7. The summed E-state index contributed by atoms with van der Waals surface area (Å²) in [5.74, 6) is 0.504. The fourth-order valence-corrected chi connectivity index (χ4v) is 3.29. The third-order valence-electron chi connectivity index (χ3n) is 4.13. The number of hydrogen-bond donors (Lipinski definition) is 1. The minimum Gasteiger partial charge on any atom is -0.356 e. The second-order valence-electron chi connectivity index (χ2n) is 4.86. The van der Waals surface area contributed by atoms with Crippen LogP contribution in [0.4, 0.5) is 0 Å². The Kier molecular flexibility index (Phi) is 3.08. The van der Waals surface area contributed by atoms with Crippen molar-refractivity contribution in [2.45, 2.75) is 44.9 Å². The zero-order chi connectivity index (χ0) is 10.7. The molecule has 3 heteroatoms. The number of aldehydes is 1. The lowest BCUT2D eigenvalue weighted by Gasteiger charge is -2.44. The van der Waals surface area contributed by atoms with E-state index in [1.165, 1.54) is 6.42 Å². The maximum atomic E-state index is 12.0. The van der Waals surface area contributed by atoms with Gasteiger partial charge in [0.15, 0.2) is 0 Å². The molecule has 0 aromatic heterocycles. The first kappa shape index (κ1) is 10.7. The highest BCUT2D eigenvalue weighted by Gasteiger charge is 2.47. The Bertz CT molecular complexity index is 258. The standard InChI is InChI=1S/C12H19NO2/c14-9-5-10-4-1-2-6-12(10)7-3-8-13-11(12)15/h9-10H,1-8H2,(H,13,15). The highest BCUT2D eigenvalue weighted by atomic mass is 16.2. The quantitative estimate of drug-likeness (QED) is 0.703. The summed E-state index contributed by atoms with van der Waals surface area (Å²) in [6.07, 6.45) is 7.95. The van der Waals surface area contributed by atoms with Crippen LogP contribution in [-0.2, 0) is 9.59 Å². The summed E-state index contributed by atoms with van der Waals surface area (Å²) < 4.78 is 0. The molecule has 1 saturated carbocycles. The van der Waals surface area contributed by atoms with Gasteiger partial charge in [0.2, 0.25) is 5.91 Å². The lowest BCUT2D eigenvalue weighted by molar-refractivity contribution is -0.140. The number of carbonyl (C=O) groups is 2. The van der Waals surface area contributed by atoms with Crippen LogP contribution >= 0.6 is 0 Å². The van der Waals surface area contributed by atoms with Crippen molar-refractivity contribution in [1.82, 2.24) is 5.32 Å². The molecule has 3 nitrogen and oxygen atoms in total. The first-order valence-electron chi connectivity index (χ1n) is 6.01. The Balaban J connectivity index is 2.19. The molecule has 0 radical (unpaired) electrons. The summed E-state index contributed by atoms with van der Waals surface area (Å²) in [5, 5.41) is 2.98. The van der Waals surface area contributed by atoms with Gasteiger partial charge < -0.3 is 10.1 Å². The lowest BCUT2D eigenvalue weighted by Crippen LogP contribution is -2.51. The fraction of sp³-hybridized carbons (Fsp3) is 0.833. The molecule has 1 amide bonds. The van der Waals surface area contributed by atoms with Crippen LogP contribution in [0.2, 0.25) is 0 Å². The maximum Gasteiger partial charge on any atom is 0.226 e. The number of carbonyl (C=O) groups excluding carboxylic acids is 2. The monoisotopic (exact) mass is 209 g/mol. The lowest BCUT2D eigenvalue weighted by atomic mass is 9.61. The molecule has 2 fully saturated rings. The van der Waals surface area contributed by atoms with Gasteiger partial charge >= 0.3 is 0 Å². The van der Waals surface area contributed by atoms with Crippen molar-refractivity contribution in [3.63, 3.8) is 0 Å². The van der Waals surface area contributed by atoms with Crippen molar-refractivity contribution in [2.24, 2.45) is 11.3 Å². The second kappa shape index (κ2) is 4.33. The van der Waals surface area contributed by atoms with Gasteiger partial charge in [-0.15, -0.1) is 0 Å². The zero-order valence-corrected chi connectivity index (χ0v) is 9.13. The molecule has 1 N–H and O–H groups in total. The van der Waals surface area contributed by atoms with E-state index in [1.54, 1.807) is 0 Å². The van der Waals surface area contributed by atoms with E-state index in [1.807, 2.05) is 0 Å². The van der Waals surface area contributed by atoms with Gasteiger partial charge in [0.05, 0.1) is 5.41 Å². The predicted molar refractivity (Wildman–Crippen MR) is 57.3 cm³/mol. The van der Waals surface area contributed by atoms with Crippen molar-refractivity contribution in [3.8, 4) is 0 Å². The Morgan fingerprint density at radius 1 is 1.33 bits per heavy atom. The van der Waals surface area contributed by atoms with Gasteiger partial charge in [-0.25, -0.2) is 0 Å². The molecule has 2 rings (SSSR count). The van der Waals surface area contributed by atoms with E-state index in [4.69, 9.17) is 0 Å². The largest absolute Gasteiger partial charge is 0.356 e. The summed E-state index contributed by atoms with van der Waals surface area (Å²) in [7, 11) is 0. The third-order valence-corrected chi connectivity index (χ3v) is 4.13. The van der Waals surface area contributed by atoms with Crippen LogP contribution < -0.4 is 5.32 Å². The highest BCUT2D eigenvalue weighted by Crippen LogP contribution is 2.47. The van der Waals surface area contributed by atoms with Gasteiger partial charge in [-0.1, -0.05) is 12.8 Å². The van der Waals surface area contributed by atoms with E-state index in [0.717, 1.165) is 44.9 Å². The van der Waals surface area contributed by atoms with Crippen LogP contribution in [0, 0.1) is 11.3 Å². The van der Waals surface area contributed by atoms with Crippen molar-refractivity contribution in [2.75, 3.05) is 6.54 Å². The summed E-state index contributed by atoms with van der Waals surface area (Å²) in [5.41, 5.74) is -0.197. The molecule has 1 aliphatic carbocycles. The number of piperidine rings is 1. The molecule has 0 aromatic rings. The molecule has 1 aliphatic heterocycles. The number of hydrogen-bond acceptors (Lipinski definition) is 2. The molecule has 2 atom stereocenters. The number of amides is 1. The van der Waals surface area contributed by atoms with Gasteiger partial charge in [0.1, 0.15) is 6.29 Å². The molecule has 1 spiro atoms. The summed E-state index contributed by atoms with van der Waals surface area (Å²) in [6.45, 7) is 0.814. The van der Waals surface area contributed by atoms with Crippen LogP contribution in [0.25, 0.3) is 0 Å². The first-order chi connectivity index (χ1) is 7.29. The summed E-state index contributed by atoms with van der Waals surface area (Å²) in [6, 6.07) is 0. The van der Waals surface area contributed by atoms with Crippen molar-refractivity contribution < 1.29 is 9.59 Å². The van der Waals surface area contributed by atoms with Crippen LogP contribution in [0.3, 0.4) is 0 Å². The average molecular weight is 209 g/mol. The molecule has 0 bridgehead atoms. The van der Waals surface area contributed by atoms with Crippen LogP contribution in [0.15, 0.2) is 0 Å². The van der Waals surface area contributed by atoms with Crippen LogP contribution in [0.5, 0.6) is 0 Å². The van der Waals surface area contributed by atoms with Gasteiger partial charge in [-0.3, -0.25) is 4.79 Å².